The minimum Gasteiger partial charge on any atom is -0.323 e. The van der Waals surface area contributed by atoms with Crippen LogP contribution in [-0.4, -0.2) is 15.7 Å². The van der Waals surface area contributed by atoms with Gasteiger partial charge in [0, 0.05) is 17.3 Å². The second-order valence-corrected chi connectivity index (χ2v) is 4.54. The summed E-state index contributed by atoms with van der Waals surface area (Å²) in [6.07, 6.45) is 1.43. The molecule has 1 aromatic heterocycles. The highest BCUT2D eigenvalue weighted by molar-refractivity contribution is 6.36. The lowest BCUT2D eigenvalue weighted by molar-refractivity contribution is -0.117. The van der Waals surface area contributed by atoms with Crippen molar-refractivity contribution < 1.29 is 4.79 Å². The van der Waals surface area contributed by atoms with Gasteiger partial charge >= 0.3 is 0 Å². The Balaban J connectivity index is 2.10. The maximum Gasteiger partial charge on any atom is 0.267 e. The molecule has 0 saturated carbocycles. The number of nitrogens with zero attached hydrogens (tertiary/aromatic N) is 2. The first-order chi connectivity index (χ1) is 9.06. The standard InChI is InChI=1S/C12H9Cl2N3O2/c13-8-3-4-10(9(14)6-8)16-11(18)7-17-12(19)2-1-5-15-17/h1-6H,7H2,(H,16,18). The summed E-state index contributed by atoms with van der Waals surface area (Å²) in [5.41, 5.74) is 0.0832. The van der Waals surface area contributed by atoms with Gasteiger partial charge in [-0.05, 0) is 24.3 Å². The van der Waals surface area contributed by atoms with Gasteiger partial charge < -0.3 is 5.32 Å². The molecule has 5 nitrogen and oxygen atoms in total. The summed E-state index contributed by atoms with van der Waals surface area (Å²) in [6.45, 7) is -0.182. The van der Waals surface area contributed by atoms with Crippen molar-refractivity contribution in [2.45, 2.75) is 6.54 Å². The summed E-state index contributed by atoms with van der Waals surface area (Å²) < 4.78 is 1.05. The molecule has 98 valence electrons. The van der Waals surface area contributed by atoms with E-state index in [9.17, 15) is 9.59 Å². The highest BCUT2D eigenvalue weighted by Gasteiger charge is 2.08. The summed E-state index contributed by atoms with van der Waals surface area (Å²) in [7, 11) is 0. The molecule has 0 radical (unpaired) electrons. The summed E-state index contributed by atoms with van der Waals surface area (Å²) in [6, 6.07) is 7.55. The zero-order chi connectivity index (χ0) is 13.8. The fourth-order valence-electron chi connectivity index (χ4n) is 1.42. The van der Waals surface area contributed by atoms with Gasteiger partial charge in [0.2, 0.25) is 5.91 Å². The van der Waals surface area contributed by atoms with E-state index >= 15 is 0 Å². The molecule has 0 fully saturated rings. The van der Waals surface area contributed by atoms with Crippen LogP contribution in [-0.2, 0) is 11.3 Å². The van der Waals surface area contributed by atoms with E-state index in [0.29, 0.717) is 15.7 Å². The Bertz CT molecular complexity index is 670. The molecule has 0 saturated heterocycles. The van der Waals surface area contributed by atoms with Gasteiger partial charge in [0.25, 0.3) is 5.56 Å². The van der Waals surface area contributed by atoms with Gasteiger partial charge in [0.05, 0.1) is 10.7 Å². The molecule has 7 heteroatoms. The zero-order valence-electron chi connectivity index (χ0n) is 9.64. The van der Waals surface area contributed by atoms with E-state index in [1.807, 2.05) is 0 Å². The Morgan fingerprint density at radius 3 is 2.79 bits per heavy atom. The normalized spacial score (nSPS) is 10.2. The van der Waals surface area contributed by atoms with Crippen molar-refractivity contribution in [1.29, 1.82) is 0 Å². The van der Waals surface area contributed by atoms with Crippen molar-refractivity contribution in [2.24, 2.45) is 0 Å². The molecular weight excluding hydrogens is 289 g/mol. The summed E-state index contributed by atoms with van der Waals surface area (Å²) in [4.78, 5) is 23.2. The minimum atomic E-state index is -0.398. The quantitative estimate of drug-likeness (QED) is 0.944. The largest absolute Gasteiger partial charge is 0.323 e. The first kappa shape index (κ1) is 13.6. The number of halogens is 2. The molecule has 0 aliphatic rings. The third kappa shape index (κ3) is 3.56. The van der Waals surface area contributed by atoms with Crippen molar-refractivity contribution in [1.82, 2.24) is 9.78 Å². The first-order valence-corrected chi connectivity index (χ1v) is 6.09. The van der Waals surface area contributed by atoms with Crippen molar-refractivity contribution >= 4 is 34.8 Å². The number of hydrogen-bond acceptors (Lipinski definition) is 3. The molecule has 0 aliphatic heterocycles. The molecular formula is C12H9Cl2N3O2. The third-order valence-corrected chi connectivity index (χ3v) is 2.83. The van der Waals surface area contributed by atoms with Crippen molar-refractivity contribution in [3.63, 3.8) is 0 Å². The van der Waals surface area contributed by atoms with Crippen LogP contribution in [0.1, 0.15) is 0 Å². The van der Waals surface area contributed by atoms with Crippen LogP contribution in [0.25, 0.3) is 0 Å². The van der Waals surface area contributed by atoms with Gasteiger partial charge in [-0.2, -0.15) is 5.10 Å². The van der Waals surface area contributed by atoms with Gasteiger partial charge in [-0.25, -0.2) is 4.68 Å². The van der Waals surface area contributed by atoms with E-state index in [2.05, 4.69) is 10.4 Å². The molecule has 1 heterocycles. The molecule has 0 unspecified atom stereocenters. The van der Waals surface area contributed by atoms with Crippen LogP contribution < -0.4 is 10.9 Å². The summed E-state index contributed by atoms with van der Waals surface area (Å²) >= 11 is 11.7. The number of rotatable bonds is 3. The number of amides is 1. The van der Waals surface area contributed by atoms with Crippen molar-refractivity contribution in [3.05, 3.63) is 56.9 Å². The lowest BCUT2D eigenvalue weighted by atomic mass is 10.3. The number of aromatic nitrogens is 2. The van der Waals surface area contributed by atoms with Crippen LogP contribution in [0.4, 0.5) is 5.69 Å². The maximum absolute atomic E-state index is 11.8. The van der Waals surface area contributed by atoms with E-state index in [1.54, 1.807) is 12.1 Å². The molecule has 2 aromatic rings. The number of hydrogen-bond donors (Lipinski definition) is 1. The number of anilines is 1. The van der Waals surface area contributed by atoms with Gasteiger partial charge in [-0.1, -0.05) is 23.2 Å². The Morgan fingerprint density at radius 1 is 1.32 bits per heavy atom. The fourth-order valence-corrected chi connectivity index (χ4v) is 1.88. The molecule has 0 aliphatic carbocycles. The third-order valence-electron chi connectivity index (χ3n) is 2.28. The second-order valence-electron chi connectivity index (χ2n) is 3.69. The summed E-state index contributed by atoms with van der Waals surface area (Å²) in [5, 5.41) is 7.17. The van der Waals surface area contributed by atoms with Crippen LogP contribution in [0, 0.1) is 0 Å². The average molecular weight is 298 g/mol. The van der Waals surface area contributed by atoms with Crippen LogP contribution in [0.3, 0.4) is 0 Å². The van der Waals surface area contributed by atoms with E-state index in [0.717, 1.165) is 4.68 Å². The minimum absolute atomic E-state index is 0.182. The number of benzene rings is 1. The van der Waals surface area contributed by atoms with Gasteiger partial charge in [-0.3, -0.25) is 9.59 Å². The first-order valence-electron chi connectivity index (χ1n) is 5.33. The molecule has 1 aromatic carbocycles. The predicted molar refractivity (Wildman–Crippen MR) is 73.6 cm³/mol. The number of nitrogens with one attached hydrogen (secondary N) is 1. The molecule has 19 heavy (non-hydrogen) atoms. The van der Waals surface area contributed by atoms with E-state index < -0.39 is 5.91 Å². The lowest BCUT2D eigenvalue weighted by Gasteiger charge is -2.08. The van der Waals surface area contributed by atoms with Crippen LogP contribution in [0.15, 0.2) is 41.3 Å². The van der Waals surface area contributed by atoms with Crippen LogP contribution in [0.5, 0.6) is 0 Å². The van der Waals surface area contributed by atoms with Crippen LogP contribution >= 0.6 is 23.2 Å². The van der Waals surface area contributed by atoms with E-state index in [-0.39, 0.29) is 12.1 Å². The number of carbonyl (C=O) groups is 1. The molecule has 0 bridgehead atoms. The average Bonchev–Trinajstić information content (AvgIpc) is 2.36. The Morgan fingerprint density at radius 2 is 2.11 bits per heavy atom. The number of carbonyl (C=O) groups excluding carboxylic acids is 1. The monoisotopic (exact) mass is 297 g/mol. The van der Waals surface area contributed by atoms with Gasteiger partial charge in [0.1, 0.15) is 6.54 Å². The molecule has 0 spiro atoms. The van der Waals surface area contributed by atoms with Crippen molar-refractivity contribution in [3.8, 4) is 0 Å². The molecule has 0 atom stereocenters. The van der Waals surface area contributed by atoms with Gasteiger partial charge in [0.15, 0.2) is 0 Å². The zero-order valence-corrected chi connectivity index (χ0v) is 11.1. The predicted octanol–water partition coefficient (Wildman–Crippen LogP) is 2.19. The highest BCUT2D eigenvalue weighted by Crippen LogP contribution is 2.25. The Kier molecular flexibility index (Phi) is 4.19. The molecule has 1 N–H and O–H groups in total. The Hall–Kier alpha value is -1.85. The van der Waals surface area contributed by atoms with Gasteiger partial charge in [-0.15, -0.1) is 0 Å². The molecule has 2 rings (SSSR count). The fraction of sp³-hybridized carbons (Fsp3) is 0.0833. The van der Waals surface area contributed by atoms with Crippen LogP contribution in [0.2, 0.25) is 10.0 Å². The smallest absolute Gasteiger partial charge is 0.267 e. The molecule has 1 amide bonds. The topological polar surface area (TPSA) is 64.0 Å². The van der Waals surface area contributed by atoms with E-state index in [1.165, 1.54) is 24.4 Å². The van der Waals surface area contributed by atoms with E-state index in [4.69, 9.17) is 23.2 Å². The maximum atomic E-state index is 11.8. The second kappa shape index (κ2) is 5.86. The lowest BCUT2D eigenvalue weighted by Crippen LogP contribution is -2.28. The van der Waals surface area contributed by atoms with Crippen molar-refractivity contribution in [2.75, 3.05) is 5.32 Å². The highest BCUT2D eigenvalue weighted by atomic mass is 35.5. The SMILES string of the molecule is O=C(Cn1ncccc1=O)Nc1ccc(Cl)cc1Cl. The Labute approximate surface area is 118 Å². The summed E-state index contributed by atoms with van der Waals surface area (Å²) in [5.74, 6) is -0.398.